The third-order valence-electron chi connectivity index (χ3n) is 8.99. The highest BCUT2D eigenvalue weighted by atomic mass is 16.2. The van der Waals surface area contributed by atoms with Gasteiger partial charge in [0.25, 0.3) is 11.5 Å². The first-order chi connectivity index (χ1) is 19.1. The predicted octanol–water partition coefficient (Wildman–Crippen LogP) is 5.63. The molecule has 0 spiro atoms. The molecule has 2 saturated heterocycles. The molecule has 0 bridgehead atoms. The first-order valence-electron chi connectivity index (χ1n) is 14.8. The Balaban J connectivity index is 1.19. The zero-order valence-electron chi connectivity index (χ0n) is 23.1. The zero-order chi connectivity index (χ0) is 26.8. The van der Waals surface area contributed by atoms with Crippen LogP contribution in [-0.2, 0) is 6.54 Å². The van der Waals surface area contributed by atoms with Gasteiger partial charge in [0.1, 0.15) is 5.52 Å². The number of piperidine rings is 2. The van der Waals surface area contributed by atoms with Crippen LogP contribution in [0.4, 0.5) is 0 Å². The van der Waals surface area contributed by atoms with Crippen LogP contribution in [0.5, 0.6) is 0 Å². The topological polar surface area (TPSA) is 58.8 Å². The van der Waals surface area contributed by atoms with Crippen LogP contribution in [0.15, 0.2) is 65.6 Å². The van der Waals surface area contributed by atoms with E-state index in [-0.39, 0.29) is 11.5 Å². The minimum absolute atomic E-state index is 0.0380. The van der Waals surface area contributed by atoms with Gasteiger partial charge in [0.05, 0.1) is 17.6 Å². The highest BCUT2D eigenvalue weighted by Gasteiger charge is 2.25. The van der Waals surface area contributed by atoms with Crippen LogP contribution in [0.2, 0.25) is 0 Å². The molecule has 2 aliphatic rings. The summed E-state index contributed by atoms with van der Waals surface area (Å²) < 4.78 is 3.76. The Morgan fingerprint density at radius 1 is 0.872 bits per heavy atom. The van der Waals surface area contributed by atoms with E-state index in [1.165, 1.54) is 50.8 Å². The van der Waals surface area contributed by atoms with Crippen LogP contribution in [0.1, 0.15) is 66.4 Å². The van der Waals surface area contributed by atoms with E-state index < -0.39 is 0 Å². The van der Waals surface area contributed by atoms with Crippen LogP contribution in [0, 0.1) is 18.8 Å². The second kappa shape index (κ2) is 11.4. The number of fused-ring (bicyclic) bond motifs is 3. The number of aryl methyl sites for hydroxylation is 1. The largest absolute Gasteiger partial charge is 0.339 e. The smallest absolute Gasteiger partial charge is 0.275 e. The Morgan fingerprint density at radius 3 is 2.41 bits per heavy atom. The van der Waals surface area contributed by atoms with Crippen molar-refractivity contribution in [1.82, 2.24) is 19.2 Å². The van der Waals surface area contributed by atoms with Crippen molar-refractivity contribution in [3.05, 3.63) is 87.8 Å². The van der Waals surface area contributed by atoms with Gasteiger partial charge < -0.3 is 19.2 Å². The fraction of sp³-hybridized carbons (Fsp3) is 0.455. The minimum Gasteiger partial charge on any atom is -0.339 e. The molecule has 1 N–H and O–H groups in total. The molecule has 39 heavy (non-hydrogen) atoms. The number of carbonyl (C=O) groups excluding carboxylic acids is 1. The molecule has 0 saturated carbocycles. The number of benzene rings is 2. The lowest BCUT2D eigenvalue weighted by atomic mass is 9.87. The number of likely N-dealkylation sites (tertiary alicyclic amines) is 1. The van der Waals surface area contributed by atoms with Crippen molar-refractivity contribution in [3.63, 3.8) is 0 Å². The van der Waals surface area contributed by atoms with E-state index >= 15 is 0 Å². The van der Waals surface area contributed by atoms with Gasteiger partial charge in [-0.25, -0.2) is 0 Å². The van der Waals surface area contributed by atoms with Crippen molar-refractivity contribution >= 4 is 22.5 Å². The average Bonchev–Trinajstić information content (AvgIpc) is 3.46. The standard InChI is InChI=1S/C33H40N4O2/c1-24-5-2-8-27(21-24)23-37-31-22-28(10-11-29(31)36-18-4-9-30(36)33(37)39)32(38)35-19-14-26(15-20-35)7-3-6-25-12-16-34-17-13-25/h2,4-5,8-11,18,21-22,25-26,34H,3,6-7,12-17,19-20,23H2,1H3. The molecule has 2 aromatic heterocycles. The first-order valence-corrected chi connectivity index (χ1v) is 14.8. The summed E-state index contributed by atoms with van der Waals surface area (Å²) >= 11 is 0. The van der Waals surface area contributed by atoms with E-state index in [4.69, 9.17) is 0 Å². The Bertz CT molecular complexity index is 1520. The molecule has 4 heterocycles. The summed E-state index contributed by atoms with van der Waals surface area (Å²) in [4.78, 5) is 29.2. The number of nitrogens with zero attached hydrogens (tertiary/aromatic N) is 3. The maximum absolute atomic E-state index is 13.6. The lowest BCUT2D eigenvalue weighted by Gasteiger charge is -2.32. The van der Waals surface area contributed by atoms with Gasteiger partial charge in [-0.05, 0) is 93.4 Å². The number of aromatic nitrogens is 2. The maximum atomic E-state index is 13.6. The van der Waals surface area contributed by atoms with Gasteiger partial charge in [0, 0.05) is 24.8 Å². The average molecular weight is 525 g/mol. The predicted molar refractivity (Wildman–Crippen MR) is 158 cm³/mol. The molecule has 2 aromatic carbocycles. The Kier molecular flexibility index (Phi) is 7.55. The number of nitrogens with one attached hydrogen (secondary N) is 1. The van der Waals surface area contributed by atoms with Gasteiger partial charge in [0.2, 0.25) is 0 Å². The second-order valence-corrected chi connectivity index (χ2v) is 11.7. The molecular weight excluding hydrogens is 484 g/mol. The lowest BCUT2D eigenvalue weighted by Crippen LogP contribution is -2.38. The zero-order valence-corrected chi connectivity index (χ0v) is 23.1. The summed E-state index contributed by atoms with van der Waals surface area (Å²) in [6, 6.07) is 17.9. The fourth-order valence-electron chi connectivity index (χ4n) is 6.71. The van der Waals surface area contributed by atoms with Gasteiger partial charge in [-0.1, -0.05) is 49.1 Å². The van der Waals surface area contributed by atoms with Crippen molar-refractivity contribution in [2.75, 3.05) is 26.2 Å². The molecular formula is C33H40N4O2. The molecule has 6 nitrogen and oxygen atoms in total. The van der Waals surface area contributed by atoms with Crippen LogP contribution in [0.25, 0.3) is 16.6 Å². The molecule has 0 aliphatic carbocycles. The molecule has 1 amide bonds. The summed E-state index contributed by atoms with van der Waals surface area (Å²) in [7, 11) is 0. The monoisotopic (exact) mass is 524 g/mol. The highest BCUT2D eigenvalue weighted by Crippen LogP contribution is 2.27. The van der Waals surface area contributed by atoms with Gasteiger partial charge in [-0.2, -0.15) is 0 Å². The number of rotatable bonds is 7. The molecule has 6 heteroatoms. The summed E-state index contributed by atoms with van der Waals surface area (Å²) in [6.45, 7) is 6.54. The van der Waals surface area contributed by atoms with Gasteiger partial charge >= 0.3 is 0 Å². The number of hydrogen-bond acceptors (Lipinski definition) is 3. The van der Waals surface area contributed by atoms with Gasteiger partial charge in [0.15, 0.2) is 0 Å². The normalized spacial score (nSPS) is 17.3. The SMILES string of the molecule is Cc1cccc(Cn2c(=O)c3cccn3c3ccc(C(=O)N4CCC(CCCC5CCNCC5)CC4)cc32)c1. The Hall–Kier alpha value is -3.38. The molecule has 0 unspecified atom stereocenters. The third kappa shape index (κ3) is 5.53. The minimum atomic E-state index is -0.0380. The number of hydrogen-bond donors (Lipinski definition) is 1. The number of carbonyl (C=O) groups is 1. The van der Waals surface area contributed by atoms with Crippen LogP contribution < -0.4 is 10.9 Å². The first kappa shape index (κ1) is 25.9. The van der Waals surface area contributed by atoms with E-state index in [9.17, 15) is 9.59 Å². The maximum Gasteiger partial charge on any atom is 0.275 e. The quantitative estimate of drug-likeness (QED) is 0.341. The molecule has 2 aliphatic heterocycles. The molecule has 204 valence electrons. The Labute approximate surface area is 230 Å². The van der Waals surface area contributed by atoms with Crippen molar-refractivity contribution < 1.29 is 4.79 Å². The summed E-state index contributed by atoms with van der Waals surface area (Å²) in [5.74, 6) is 1.71. The lowest BCUT2D eigenvalue weighted by molar-refractivity contribution is 0.0685. The summed E-state index contributed by atoms with van der Waals surface area (Å²) in [5, 5.41) is 3.46. The van der Waals surface area contributed by atoms with Crippen LogP contribution in [0.3, 0.4) is 0 Å². The third-order valence-corrected chi connectivity index (χ3v) is 8.99. The van der Waals surface area contributed by atoms with E-state index in [0.29, 0.717) is 17.6 Å². The van der Waals surface area contributed by atoms with Crippen molar-refractivity contribution in [3.8, 4) is 0 Å². The van der Waals surface area contributed by atoms with E-state index in [1.54, 1.807) is 0 Å². The van der Waals surface area contributed by atoms with Gasteiger partial charge in [-0.15, -0.1) is 0 Å². The van der Waals surface area contributed by atoms with Crippen molar-refractivity contribution in [1.29, 1.82) is 0 Å². The summed E-state index contributed by atoms with van der Waals surface area (Å²) in [5.41, 5.74) is 5.25. The van der Waals surface area contributed by atoms with Crippen LogP contribution in [-0.4, -0.2) is 46.0 Å². The fourth-order valence-corrected chi connectivity index (χ4v) is 6.71. The molecule has 0 radical (unpaired) electrons. The molecule has 4 aromatic rings. The molecule has 6 rings (SSSR count). The van der Waals surface area contributed by atoms with E-state index in [2.05, 4.69) is 30.4 Å². The van der Waals surface area contributed by atoms with Crippen LogP contribution >= 0.6 is 0 Å². The van der Waals surface area contributed by atoms with Gasteiger partial charge in [-0.3, -0.25) is 9.59 Å². The summed E-state index contributed by atoms with van der Waals surface area (Å²) in [6.07, 6.45) is 10.7. The Morgan fingerprint density at radius 2 is 1.64 bits per heavy atom. The number of amides is 1. The second-order valence-electron chi connectivity index (χ2n) is 11.7. The highest BCUT2D eigenvalue weighted by molar-refractivity contribution is 5.97. The van der Waals surface area contributed by atoms with Crippen molar-refractivity contribution in [2.45, 2.75) is 58.4 Å². The molecule has 2 fully saturated rings. The van der Waals surface area contributed by atoms with Crippen molar-refractivity contribution in [2.24, 2.45) is 11.8 Å². The molecule has 0 atom stereocenters. The van der Waals surface area contributed by atoms with E-state index in [0.717, 1.165) is 54.4 Å². The van der Waals surface area contributed by atoms with E-state index in [1.807, 2.05) is 56.5 Å².